The molecule has 1 aromatic carbocycles. The minimum Gasteiger partial charge on any atom is -0.401 e. The van der Waals surface area contributed by atoms with Crippen LogP contribution in [-0.2, 0) is 10.8 Å². The van der Waals surface area contributed by atoms with Crippen molar-refractivity contribution in [2.24, 2.45) is 11.1 Å². The number of rotatable bonds is 2. The number of benzene rings is 1. The van der Waals surface area contributed by atoms with Crippen molar-refractivity contribution in [2.75, 3.05) is 0 Å². The van der Waals surface area contributed by atoms with E-state index in [-0.39, 0.29) is 5.41 Å². The van der Waals surface area contributed by atoms with E-state index in [1.165, 1.54) is 0 Å². The van der Waals surface area contributed by atoms with Gasteiger partial charge in [0.25, 0.3) is 0 Å². The van der Waals surface area contributed by atoms with Crippen LogP contribution < -0.4 is 5.73 Å². The van der Waals surface area contributed by atoms with Crippen LogP contribution in [0.3, 0.4) is 0 Å². The molecule has 0 aliphatic carbocycles. The Hall–Kier alpha value is -1.09. The zero-order valence-corrected chi connectivity index (χ0v) is 11.1. The molecule has 1 rings (SSSR count). The number of hydrogen-bond donors (Lipinski definition) is 1. The van der Waals surface area contributed by atoms with E-state index in [1.54, 1.807) is 5.41 Å². The highest BCUT2D eigenvalue weighted by atomic mass is 32.2. The molecule has 0 fully saturated rings. The van der Waals surface area contributed by atoms with Crippen LogP contribution in [-0.4, -0.2) is 4.21 Å². The van der Waals surface area contributed by atoms with Crippen LogP contribution in [0.1, 0.15) is 26.3 Å². The molecule has 0 spiro atoms. The first-order valence-corrected chi connectivity index (χ1v) is 6.47. The molecule has 16 heavy (non-hydrogen) atoms. The van der Waals surface area contributed by atoms with Gasteiger partial charge in [0.2, 0.25) is 0 Å². The van der Waals surface area contributed by atoms with Gasteiger partial charge in [0, 0.05) is 21.4 Å². The van der Waals surface area contributed by atoms with Crippen molar-refractivity contribution in [3.05, 3.63) is 40.9 Å². The maximum atomic E-state index is 12.0. The third-order valence-electron chi connectivity index (χ3n) is 2.35. The number of allylic oxidation sites excluding steroid dienone is 1. The first kappa shape index (κ1) is 13.0. The van der Waals surface area contributed by atoms with E-state index in [0.29, 0.717) is 5.70 Å². The molecule has 3 heteroatoms. The summed E-state index contributed by atoms with van der Waals surface area (Å²) in [7, 11) is -1.16. The van der Waals surface area contributed by atoms with Gasteiger partial charge >= 0.3 is 0 Å². The van der Waals surface area contributed by atoms with Gasteiger partial charge in [0.05, 0.1) is 10.8 Å². The molecule has 1 unspecified atom stereocenters. The van der Waals surface area contributed by atoms with Crippen molar-refractivity contribution in [3.8, 4) is 0 Å². The van der Waals surface area contributed by atoms with Crippen molar-refractivity contribution < 1.29 is 4.21 Å². The number of hydrogen-bond acceptors (Lipinski definition) is 2. The van der Waals surface area contributed by atoms with Gasteiger partial charge in [0.15, 0.2) is 0 Å². The second-order valence-corrected chi connectivity index (χ2v) is 6.24. The van der Waals surface area contributed by atoms with Crippen molar-refractivity contribution in [1.82, 2.24) is 0 Å². The van der Waals surface area contributed by atoms with Crippen molar-refractivity contribution in [2.45, 2.75) is 32.6 Å². The minimum absolute atomic E-state index is 0.139. The molecule has 0 aliphatic heterocycles. The van der Waals surface area contributed by atoms with Gasteiger partial charge < -0.3 is 5.73 Å². The number of aryl methyl sites for hydroxylation is 1. The standard InChI is InChI=1S/C13H19NOS/c1-10-5-7-11(8-6-10)16(15)9-12(14)13(2,3)4/h5-9H,14H2,1-4H3/b12-9-. The lowest BCUT2D eigenvalue weighted by molar-refractivity contribution is 0.498. The Bertz CT molecular complexity index is 413. The predicted molar refractivity (Wildman–Crippen MR) is 69.3 cm³/mol. The first-order chi connectivity index (χ1) is 7.30. The molecule has 0 amide bonds. The van der Waals surface area contributed by atoms with Gasteiger partial charge in [-0.3, -0.25) is 0 Å². The van der Waals surface area contributed by atoms with Crippen LogP contribution in [0.2, 0.25) is 0 Å². The molecule has 2 nitrogen and oxygen atoms in total. The Labute approximate surface area is 100 Å². The Morgan fingerprint density at radius 2 is 1.75 bits per heavy atom. The van der Waals surface area contributed by atoms with Crippen LogP contribution in [0.5, 0.6) is 0 Å². The third kappa shape index (κ3) is 3.49. The van der Waals surface area contributed by atoms with Crippen LogP contribution >= 0.6 is 0 Å². The topological polar surface area (TPSA) is 43.1 Å². The van der Waals surface area contributed by atoms with E-state index in [1.807, 2.05) is 52.0 Å². The maximum absolute atomic E-state index is 12.0. The molecule has 0 bridgehead atoms. The van der Waals surface area contributed by atoms with Crippen molar-refractivity contribution >= 4 is 10.8 Å². The average Bonchev–Trinajstić information content (AvgIpc) is 2.17. The fourth-order valence-corrected chi connectivity index (χ4v) is 2.16. The Balaban J connectivity index is 2.92. The molecule has 0 aromatic heterocycles. The van der Waals surface area contributed by atoms with Crippen LogP contribution in [0.25, 0.3) is 0 Å². The largest absolute Gasteiger partial charge is 0.401 e. The number of nitrogens with two attached hydrogens (primary N) is 1. The summed E-state index contributed by atoms with van der Waals surface area (Å²) in [5.74, 6) is 0. The van der Waals surface area contributed by atoms with Crippen LogP contribution in [0, 0.1) is 12.3 Å². The predicted octanol–water partition coefficient (Wildman–Crippen LogP) is 2.95. The second-order valence-electron chi connectivity index (χ2n) is 4.93. The van der Waals surface area contributed by atoms with Gasteiger partial charge in [-0.1, -0.05) is 38.5 Å². The zero-order valence-electron chi connectivity index (χ0n) is 10.3. The third-order valence-corrected chi connectivity index (χ3v) is 3.56. The van der Waals surface area contributed by atoms with Crippen molar-refractivity contribution in [3.63, 3.8) is 0 Å². The molecule has 2 N–H and O–H groups in total. The molecule has 0 saturated heterocycles. The summed E-state index contributed by atoms with van der Waals surface area (Å²) in [6.45, 7) is 8.02. The van der Waals surface area contributed by atoms with E-state index in [0.717, 1.165) is 10.5 Å². The molecule has 0 saturated carbocycles. The summed E-state index contributed by atoms with van der Waals surface area (Å²) >= 11 is 0. The molecule has 1 atom stereocenters. The Morgan fingerprint density at radius 3 is 2.19 bits per heavy atom. The highest BCUT2D eigenvalue weighted by molar-refractivity contribution is 7.88. The van der Waals surface area contributed by atoms with Gasteiger partial charge in [-0.25, -0.2) is 4.21 Å². The highest BCUT2D eigenvalue weighted by Crippen LogP contribution is 2.22. The summed E-state index contributed by atoms with van der Waals surface area (Å²) in [4.78, 5) is 0.790. The van der Waals surface area contributed by atoms with Gasteiger partial charge in [-0.05, 0) is 19.1 Å². The SMILES string of the molecule is Cc1ccc(S(=O)/C=C(\N)C(C)(C)C)cc1. The lowest BCUT2D eigenvalue weighted by Crippen LogP contribution is -2.17. The molecule has 0 aliphatic rings. The summed E-state index contributed by atoms with van der Waals surface area (Å²) in [5.41, 5.74) is 7.57. The van der Waals surface area contributed by atoms with Gasteiger partial charge in [-0.2, -0.15) is 0 Å². The quantitative estimate of drug-likeness (QED) is 0.859. The summed E-state index contributed by atoms with van der Waals surface area (Å²) in [6, 6.07) is 7.65. The smallest absolute Gasteiger partial charge is 0.0793 e. The van der Waals surface area contributed by atoms with Crippen LogP contribution in [0.4, 0.5) is 0 Å². The van der Waals surface area contributed by atoms with E-state index in [2.05, 4.69) is 0 Å². The molecule has 1 aromatic rings. The fourth-order valence-electron chi connectivity index (χ4n) is 1.03. The molecule has 0 heterocycles. The van der Waals surface area contributed by atoms with Gasteiger partial charge in [-0.15, -0.1) is 0 Å². The second kappa shape index (κ2) is 4.83. The minimum atomic E-state index is -1.16. The lowest BCUT2D eigenvalue weighted by Gasteiger charge is -2.18. The monoisotopic (exact) mass is 237 g/mol. The first-order valence-electron chi connectivity index (χ1n) is 5.26. The van der Waals surface area contributed by atoms with E-state index < -0.39 is 10.8 Å². The molecular formula is C13H19NOS. The Kier molecular flexibility index (Phi) is 3.92. The normalized spacial score (nSPS) is 14.9. The molecular weight excluding hydrogens is 218 g/mol. The van der Waals surface area contributed by atoms with E-state index in [4.69, 9.17) is 5.73 Å². The highest BCUT2D eigenvalue weighted by Gasteiger charge is 2.14. The summed E-state index contributed by atoms with van der Waals surface area (Å²) < 4.78 is 12.0. The Morgan fingerprint density at radius 1 is 1.25 bits per heavy atom. The van der Waals surface area contributed by atoms with Crippen molar-refractivity contribution in [1.29, 1.82) is 0 Å². The summed E-state index contributed by atoms with van der Waals surface area (Å²) in [6.07, 6.45) is 0. The zero-order chi connectivity index (χ0) is 12.3. The lowest BCUT2D eigenvalue weighted by atomic mass is 9.94. The van der Waals surface area contributed by atoms with E-state index >= 15 is 0 Å². The average molecular weight is 237 g/mol. The molecule has 0 radical (unpaired) electrons. The summed E-state index contributed by atoms with van der Waals surface area (Å²) in [5, 5.41) is 1.63. The van der Waals surface area contributed by atoms with Crippen LogP contribution in [0.15, 0.2) is 40.3 Å². The van der Waals surface area contributed by atoms with E-state index in [9.17, 15) is 4.21 Å². The maximum Gasteiger partial charge on any atom is 0.0793 e. The molecule has 88 valence electrons. The van der Waals surface area contributed by atoms with Gasteiger partial charge in [0.1, 0.15) is 0 Å². The fraction of sp³-hybridized carbons (Fsp3) is 0.385.